The van der Waals surface area contributed by atoms with Gasteiger partial charge < -0.3 is 29.6 Å². The molecule has 57 heavy (non-hydrogen) atoms. The van der Waals surface area contributed by atoms with Crippen LogP contribution in [0, 0.1) is 17.8 Å². The zero-order valence-electron chi connectivity index (χ0n) is 34.0. The van der Waals surface area contributed by atoms with Crippen molar-refractivity contribution < 1.29 is 38.4 Å². The molecule has 9 aliphatic rings. The summed E-state index contributed by atoms with van der Waals surface area (Å²) in [5, 5.41) is 9.91. The smallest absolute Gasteiger partial charge is 0.667 e. The summed E-state index contributed by atoms with van der Waals surface area (Å²) in [6.07, 6.45) is 29.4. The van der Waals surface area contributed by atoms with E-state index >= 15 is 0 Å². The number of hydrogen-bond acceptors (Lipinski definition) is 8. The molecule has 3 aliphatic carbocycles. The van der Waals surface area contributed by atoms with Gasteiger partial charge >= 0.3 is 19.5 Å². The number of nitrogens with zero attached hydrogens (tertiary/aromatic N) is 6. The van der Waals surface area contributed by atoms with E-state index in [1.54, 1.807) is 0 Å². The summed E-state index contributed by atoms with van der Waals surface area (Å²) in [6, 6.07) is 11.4. The summed E-state index contributed by atoms with van der Waals surface area (Å²) in [6.45, 7) is 2.81. The summed E-state index contributed by atoms with van der Waals surface area (Å²) in [5.41, 5.74) is 1.98. The molecule has 3 saturated carbocycles. The maximum atomic E-state index is 6.06. The summed E-state index contributed by atoms with van der Waals surface area (Å²) in [4.78, 5) is 19.7. The molecule has 7 atom stereocenters. The van der Waals surface area contributed by atoms with E-state index in [2.05, 4.69) is 12.1 Å². The fourth-order valence-corrected chi connectivity index (χ4v) is 10.4. The minimum absolute atomic E-state index is 0. The van der Waals surface area contributed by atoms with Crippen LogP contribution in [0.3, 0.4) is 0 Å². The van der Waals surface area contributed by atoms with Crippen LogP contribution >= 0.6 is 0 Å². The van der Waals surface area contributed by atoms with Crippen molar-refractivity contribution in [3.05, 3.63) is 70.5 Å². The van der Waals surface area contributed by atoms with E-state index in [0.717, 1.165) is 61.8 Å². The Labute approximate surface area is 353 Å². The van der Waals surface area contributed by atoms with Crippen LogP contribution in [-0.4, -0.2) is 86.3 Å². The first kappa shape index (κ1) is 40.7. The standard InChI is InChI=1S/C23H36N3O2.C23H26N3O2.Zn/c2*1-3-8-16(9-4-1)20-14-27-22(25-20)18-12-7-13-19(24-18)23-26-21(15-28-23)17-10-5-2-6-11-17;/h16-21H,1-15H2;1,3-4,7-9,12-13,17-18,20-21H,2,5-6,10-11,14-15H2;/q2*-1;+2. The minimum atomic E-state index is -0.200. The molecular formula is C46H62N6O4Zn. The number of rotatable bonds is 8. The van der Waals surface area contributed by atoms with Gasteiger partial charge in [0.2, 0.25) is 0 Å². The van der Waals surface area contributed by atoms with Crippen LogP contribution in [-0.2, 0) is 38.4 Å². The number of benzene rings is 1. The Hall–Kier alpha value is -3.04. The predicted octanol–water partition coefficient (Wildman–Crippen LogP) is 9.76. The molecule has 7 unspecified atom stereocenters. The Balaban J connectivity index is 0.000000157. The second kappa shape index (κ2) is 19.8. The molecule has 0 bridgehead atoms. The van der Waals surface area contributed by atoms with Crippen LogP contribution in [0.5, 0.6) is 0 Å². The molecule has 10 rings (SSSR count). The summed E-state index contributed by atoms with van der Waals surface area (Å²) in [7, 11) is 0. The van der Waals surface area contributed by atoms with Gasteiger partial charge in [-0.3, -0.25) is 0 Å². The first-order valence-corrected chi connectivity index (χ1v) is 22.4. The van der Waals surface area contributed by atoms with Crippen LogP contribution in [0.1, 0.15) is 127 Å². The van der Waals surface area contributed by atoms with Gasteiger partial charge in [0.15, 0.2) is 23.6 Å². The van der Waals surface area contributed by atoms with Gasteiger partial charge in [-0.2, -0.15) is 0 Å². The molecule has 0 N–H and O–H groups in total. The van der Waals surface area contributed by atoms with Crippen molar-refractivity contribution in [1.29, 1.82) is 0 Å². The molecule has 10 nitrogen and oxygen atoms in total. The van der Waals surface area contributed by atoms with Gasteiger partial charge in [0.05, 0.1) is 18.1 Å². The van der Waals surface area contributed by atoms with E-state index in [4.69, 9.17) is 49.6 Å². The van der Waals surface area contributed by atoms with Gasteiger partial charge in [0.25, 0.3) is 0 Å². The third-order valence-corrected chi connectivity index (χ3v) is 13.7. The van der Waals surface area contributed by atoms with Crippen LogP contribution in [0.25, 0.3) is 10.6 Å². The molecule has 0 aromatic heterocycles. The molecule has 6 heterocycles. The van der Waals surface area contributed by atoms with Crippen molar-refractivity contribution in [3.8, 4) is 0 Å². The molecular weight excluding hydrogens is 766 g/mol. The Morgan fingerprint density at radius 1 is 0.509 bits per heavy atom. The summed E-state index contributed by atoms with van der Waals surface area (Å²) in [5.74, 6) is 5.29. The topological polar surface area (TPSA) is 115 Å². The number of allylic oxidation sites excluding steroid dienone is 2. The van der Waals surface area contributed by atoms with Crippen molar-refractivity contribution in [1.82, 2.24) is 0 Å². The molecule has 1 aromatic rings. The molecule has 1 aromatic carbocycles. The summed E-state index contributed by atoms with van der Waals surface area (Å²) >= 11 is 0. The van der Waals surface area contributed by atoms with E-state index in [1.807, 2.05) is 36.4 Å². The van der Waals surface area contributed by atoms with Gasteiger partial charge in [-0.05, 0) is 67.9 Å². The largest absolute Gasteiger partial charge is 2.00 e. The number of aliphatic imine (C=N–C) groups is 4. The van der Waals surface area contributed by atoms with Gasteiger partial charge in [0, 0.05) is 0 Å². The Morgan fingerprint density at radius 3 is 1.61 bits per heavy atom. The number of piperidine rings is 1. The van der Waals surface area contributed by atoms with E-state index in [1.165, 1.54) is 102 Å². The Kier molecular flexibility index (Phi) is 14.2. The van der Waals surface area contributed by atoms with Crippen molar-refractivity contribution >= 4 is 23.6 Å². The molecule has 0 spiro atoms. The molecule has 1 saturated heterocycles. The fourth-order valence-electron chi connectivity index (χ4n) is 10.4. The van der Waals surface area contributed by atoms with E-state index in [-0.39, 0.29) is 43.6 Å². The average molecular weight is 828 g/mol. The quantitative estimate of drug-likeness (QED) is 0.243. The van der Waals surface area contributed by atoms with Crippen LogP contribution in [0.4, 0.5) is 0 Å². The molecule has 0 amide bonds. The average Bonchev–Trinajstić information content (AvgIpc) is 4.13. The number of hydrogen-bond donors (Lipinski definition) is 0. The monoisotopic (exact) mass is 826 g/mol. The molecule has 302 valence electrons. The first-order valence-electron chi connectivity index (χ1n) is 22.4. The van der Waals surface area contributed by atoms with Crippen molar-refractivity contribution in [2.45, 2.75) is 158 Å². The molecule has 11 heteroatoms. The van der Waals surface area contributed by atoms with Crippen LogP contribution < -0.4 is 0 Å². The van der Waals surface area contributed by atoms with Gasteiger partial charge in [-0.25, -0.2) is 20.0 Å². The van der Waals surface area contributed by atoms with E-state index in [0.29, 0.717) is 49.1 Å². The molecule has 6 aliphatic heterocycles. The zero-order chi connectivity index (χ0) is 37.5. The van der Waals surface area contributed by atoms with Gasteiger partial charge in [-0.15, -0.1) is 0 Å². The van der Waals surface area contributed by atoms with Gasteiger partial charge in [0.1, 0.15) is 32.5 Å². The maximum Gasteiger partial charge on any atom is 2.00 e. The molecule has 4 fully saturated rings. The van der Waals surface area contributed by atoms with E-state index in [9.17, 15) is 0 Å². The van der Waals surface area contributed by atoms with Gasteiger partial charge in [-0.1, -0.05) is 143 Å². The number of ether oxygens (including phenoxy) is 4. The molecule has 0 radical (unpaired) electrons. The fraction of sp³-hybridized carbons (Fsp3) is 0.696. The van der Waals surface area contributed by atoms with Crippen molar-refractivity contribution in [3.63, 3.8) is 0 Å². The Morgan fingerprint density at radius 2 is 1.04 bits per heavy atom. The van der Waals surface area contributed by atoms with E-state index < -0.39 is 0 Å². The minimum Gasteiger partial charge on any atom is -0.667 e. The van der Waals surface area contributed by atoms with Crippen LogP contribution in [0.2, 0.25) is 0 Å². The third-order valence-electron chi connectivity index (χ3n) is 13.7. The SMILES string of the molecule is C1=CC(C2=NC(c3ccccc3)CO2)[N-]C(C2=NC(C3CCCCC3)CO2)=C1.C1CCC(C2COC(C3CCCC(C4=NC(C5CCCCC5)CO4)[N-]3)=N2)CC1.[Zn+2]. The zero-order valence-corrected chi connectivity index (χ0v) is 36.9. The third kappa shape index (κ3) is 10.1. The second-order valence-electron chi connectivity index (χ2n) is 17.5. The van der Waals surface area contributed by atoms with Crippen molar-refractivity contribution in [2.75, 3.05) is 26.4 Å². The van der Waals surface area contributed by atoms with Crippen LogP contribution in [0.15, 0.2) is 74.2 Å². The predicted molar refractivity (Wildman–Crippen MR) is 223 cm³/mol. The second-order valence-corrected chi connectivity index (χ2v) is 17.5. The van der Waals surface area contributed by atoms with Crippen molar-refractivity contribution in [2.24, 2.45) is 37.7 Å². The summed E-state index contributed by atoms with van der Waals surface area (Å²) < 4.78 is 23.9. The normalized spacial score (nSPS) is 33.3. The Bertz CT molecular complexity index is 1610. The maximum absolute atomic E-state index is 6.06. The first-order chi connectivity index (χ1) is 27.7.